The van der Waals surface area contributed by atoms with Gasteiger partial charge in [-0.2, -0.15) is 0 Å². The van der Waals surface area contributed by atoms with Crippen molar-refractivity contribution in [2.75, 3.05) is 13.7 Å². The van der Waals surface area contributed by atoms with Crippen molar-refractivity contribution in [3.63, 3.8) is 0 Å². The van der Waals surface area contributed by atoms with Crippen molar-refractivity contribution in [1.29, 1.82) is 0 Å². The summed E-state index contributed by atoms with van der Waals surface area (Å²) in [6.07, 6.45) is 4.01. The summed E-state index contributed by atoms with van der Waals surface area (Å²) in [5.74, 6) is 0.550. The van der Waals surface area contributed by atoms with E-state index in [9.17, 15) is 4.79 Å². The van der Waals surface area contributed by atoms with Crippen LogP contribution in [-0.4, -0.2) is 19.7 Å². The maximum atomic E-state index is 11.5. The Morgan fingerprint density at radius 3 is 1.95 bits per heavy atom. The summed E-state index contributed by atoms with van der Waals surface area (Å²) in [5.41, 5.74) is 2.68. The van der Waals surface area contributed by atoms with Gasteiger partial charge in [0.15, 0.2) is 0 Å². The zero-order valence-electron chi connectivity index (χ0n) is 12.2. The van der Waals surface area contributed by atoms with Gasteiger partial charge in [0.25, 0.3) is 0 Å². The molecule has 21 heavy (non-hydrogen) atoms. The zero-order chi connectivity index (χ0) is 15.1. The van der Waals surface area contributed by atoms with E-state index in [0.717, 1.165) is 16.9 Å². The van der Waals surface area contributed by atoms with Crippen LogP contribution in [0.15, 0.2) is 48.5 Å². The van der Waals surface area contributed by atoms with Crippen LogP contribution in [-0.2, 0) is 4.74 Å². The molecule has 0 unspecified atom stereocenters. The normalized spacial score (nSPS) is 10.6. The fraction of sp³-hybridized carbons (Fsp3) is 0.167. The average Bonchev–Trinajstić information content (AvgIpc) is 2.54. The fourth-order valence-electron chi connectivity index (χ4n) is 1.85. The van der Waals surface area contributed by atoms with E-state index in [4.69, 9.17) is 9.47 Å². The van der Waals surface area contributed by atoms with Gasteiger partial charge in [0.1, 0.15) is 5.75 Å². The van der Waals surface area contributed by atoms with Gasteiger partial charge >= 0.3 is 5.97 Å². The summed E-state index contributed by atoms with van der Waals surface area (Å²) >= 11 is 0. The Labute approximate surface area is 124 Å². The molecule has 0 saturated carbocycles. The molecule has 2 aromatic rings. The molecule has 0 heterocycles. The number of hydrogen-bond donors (Lipinski definition) is 0. The van der Waals surface area contributed by atoms with Crippen molar-refractivity contribution >= 4 is 18.1 Å². The van der Waals surface area contributed by atoms with Crippen molar-refractivity contribution in [3.8, 4) is 5.75 Å². The monoisotopic (exact) mass is 282 g/mol. The fourth-order valence-corrected chi connectivity index (χ4v) is 1.85. The first-order valence-corrected chi connectivity index (χ1v) is 6.82. The van der Waals surface area contributed by atoms with Gasteiger partial charge < -0.3 is 9.47 Å². The highest BCUT2D eigenvalue weighted by Crippen LogP contribution is 2.14. The maximum Gasteiger partial charge on any atom is 0.338 e. The lowest BCUT2D eigenvalue weighted by atomic mass is 10.1. The van der Waals surface area contributed by atoms with Gasteiger partial charge in [-0.1, -0.05) is 36.4 Å². The highest BCUT2D eigenvalue weighted by Gasteiger charge is 2.04. The predicted molar refractivity (Wildman–Crippen MR) is 84.3 cm³/mol. The van der Waals surface area contributed by atoms with Gasteiger partial charge in [0, 0.05) is 0 Å². The topological polar surface area (TPSA) is 35.5 Å². The van der Waals surface area contributed by atoms with Gasteiger partial charge in [-0.25, -0.2) is 4.79 Å². The number of benzene rings is 2. The van der Waals surface area contributed by atoms with Crippen molar-refractivity contribution in [1.82, 2.24) is 0 Å². The van der Waals surface area contributed by atoms with Crippen molar-refractivity contribution in [2.24, 2.45) is 0 Å². The molecule has 108 valence electrons. The lowest BCUT2D eigenvalue weighted by molar-refractivity contribution is 0.0526. The van der Waals surface area contributed by atoms with Gasteiger partial charge in [0.05, 0.1) is 19.3 Å². The quantitative estimate of drug-likeness (QED) is 0.613. The summed E-state index contributed by atoms with van der Waals surface area (Å²) in [5, 5.41) is 0. The third kappa shape index (κ3) is 4.21. The summed E-state index contributed by atoms with van der Waals surface area (Å²) in [7, 11) is 1.65. The number of methoxy groups -OCH3 is 1. The van der Waals surface area contributed by atoms with E-state index in [-0.39, 0.29) is 5.97 Å². The van der Waals surface area contributed by atoms with Crippen LogP contribution in [0.2, 0.25) is 0 Å². The first-order chi connectivity index (χ1) is 10.2. The van der Waals surface area contributed by atoms with E-state index >= 15 is 0 Å². The molecule has 0 bridgehead atoms. The third-order valence-corrected chi connectivity index (χ3v) is 3.01. The molecule has 2 aromatic carbocycles. The molecule has 0 aromatic heterocycles. The summed E-state index contributed by atoms with van der Waals surface area (Å²) in [4.78, 5) is 11.5. The van der Waals surface area contributed by atoms with E-state index in [1.54, 1.807) is 26.2 Å². The molecule has 0 amide bonds. The minimum Gasteiger partial charge on any atom is -0.497 e. The molecular weight excluding hydrogens is 264 g/mol. The molecule has 0 atom stereocenters. The van der Waals surface area contributed by atoms with Crippen molar-refractivity contribution < 1.29 is 14.3 Å². The largest absolute Gasteiger partial charge is 0.497 e. The van der Waals surface area contributed by atoms with Gasteiger partial charge in [-0.05, 0) is 42.3 Å². The number of rotatable bonds is 5. The van der Waals surface area contributed by atoms with Crippen LogP contribution in [0.5, 0.6) is 5.75 Å². The molecule has 0 fully saturated rings. The first-order valence-electron chi connectivity index (χ1n) is 6.82. The van der Waals surface area contributed by atoms with E-state index in [1.807, 2.05) is 48.6 Å². The van der Waals surface area contributed by atoms with E-state index in [1.165, 1.54) is 0 Å². The van der Waals surface area contributed by atoms with Gasteiger partial charge in [-0.3, -0.25) is 0 Å². The smallest absolute Gasteiger partial charge is 0.338 e. The lowest BCUT2D eigenvalue weighted by Crippen LogP contribution is -2.03. The summed E-state index contributed by atoms with van der Waals surface area (Å²) in [6.45, 7) is 2.18. The maximum absolute atomic E-state index is 11.5. The lowest BCUT2D eigenvalue weighted by Gasteiger charge is -2.02. The molecular formula is C18H18O3. The molecule has 0 N–H and O–H groups in total. The Morgan fingerprint density at radius 2 is 1.48 bits per heavy atom. The second-order valence-electron chi connectivity index (χ2n) is 4.45. The van der Waals surface area contributed by atoms with E-state index in [0.29, 0.717) is 12.2 Å². The first kappa shape index (κ1) is 14.9. The Morgan fingerprint density at radius 1 is 0.952 bits per heavy atom. The zero-order valence-corrected chi connectivity index (χ0v) is 12.2. The molecule has 2 rings (SSSR count). The third-order valence-electron chi connectivity index (χ3n) is 3.01. The minimum absolute atomic E-state index is 0.289. The second-order valence-corrected chi connectivity index (χ2v) is 4.45. The predicted octanol–water partition coefficient (Wildman–Crippen LogP) is 4.04. The van der Waals surface area contributed by atoms with Gasteiger partial charge in [0.2, 0.25) is 0 Å². The van der Waals surface area contributed by atoms with Crippen molar-refractivity contribution in [2.45, 2.75) is 6.92 Å². The second kappa shape index (κ2) is 7.29. The van der Waals surface area contributed by atoms with Crippen molar-refractivity contribution in [3.05, 3.63) is 65.2 Å². The molecule has 0 radical (unpaired) electrons. The summed E-state index contributed by atoms with van der Waals surface area (Å²) < 4.78 is 10.1. The molecule has 0 aliphatic carbocycles. The SMILES string of the molecule is CCOC(=O)c1ccc(C=Cc2ccc(OC)cc2)cc1. The summed E-state index contributed by atoms with van der Waals surface area (Å²) in [6, 6.07) is 15.1. The molecule has 0 aliphatic rings. The van der Waals surface area contributed by atoms with Crippen LogP contribution in [0.4, 0.5) is 0 Å². The Balaban J connectivity index is 2.05. The Kier molecular flexibility index (Phi) is 5.16. The average molecular weight is 282 g/mol. The number of hydrogen-bond acceptors (Lipinski definition) is 3. The molecule has 3 nitrogen and oxygen atoms in total. The standard InChI is InChI=1S/C18H18O3/c1-3-21-18(19)16-10-6-14(7-11-16)4-5-15-8-12-17(20-2)13-9-15/h4-13H,3H2,1-2H3. The number of ether oxygens (including phenoxy) is 2. The number of esters is 1. The van der Waals surface area contributed by atoms with Crippen LogP contribution >= 0.6 is 0 Å². The Bertz CT molecular complexity index is 610. The van der Waals surface area contributed by atoms with E-state index in [2.05, 4.69) is 0 Å². The molecule has 0 spiro atoms. The Hall–Kier alpha value is -2.55. The van der Waals surface area contributed by atoms with Crippen LogP contribution < -0.4 is 4.74 Å². The van der Waals surface area contributed by atoms with E-state index < -0.39 is 0 Å². The van der Waals surface area contributed by atoms with Gasteiger partial charge in [-0.15, -0.1) is 0 Å². The minimum atomic E-state index is -0.289. The molecule has 0 saturated heterocycles. The van der Waals surface area contributed by atoms with Crippen LogP contribution in [0.3, 0.4) is 0 Å². The highest BCUT2D eigenvalue weighted by molar-refractivity contribution is 5.89. The number of carbonyl (C=O) groups is 1. The molecule has 3 heteroatoms. The highest BCUT2D eigenvalue weighted by atomic mass is 16.5. The van der Waals surface area contributed by atoms with Crippen LogP contribution in [0.1, 0.15) is 28.4 Å². The van der Waals surface area contributed by atoms with Crippen LogP contribution in [0.25, 0.3) is 12.2 Å². The van der Waals surface area contributed by atoms with Crippen LogP contribution in [0, 0.1) is 0 Å². The number of carbonyl (C=O) groups excluding carboxylic acids is 1. The molecule has 0 aliphatic heterocycles.